The number of nitrogens with one attached hydrogen (secondary N) is 1. The van der Waals surface area contributed by atoms with Gasteiger partial charge in [0.25, 0.3) is 0 Å². The number of benzene rings is 2. The van der Waals surface area contributed by atoms with E-state index in [1.54, 1.807) is 37.3 Å². The monoisotopic (exact) mass is 423 g/mol. The van der Waals surface area contributed by atoms with E-state index in [1.807, 2.05) is 0 Å². The van der Waals surface area contributed by atoms with Crippen LogP contribution in [-0.4, -0.2) is 31.4 Å². The van der Waals surface area contributed by atoms with Gasteiger partial charge in [-0.05, 0) is 36.8 Å². The molecule has 0 heterocycles. The minimum absolute atomic E-state index is 0.0183. The number of ether oxygens (including phenoxy) is 2. The Kier molecular flexibility index (Phi) is 7.74. The van der Waals surface area contributed by atoms with Gasteiger partial charge in [0, 0.05) is 10.0 Å². The van der Waals surface area contributed by atoms with Crippen molar-refractivity contribution >= 4 is 27.7 Å². The van der Waals surface area contributed by atoms with E-state index < -0.39 is 11.8 Å². The van der Waals surface area contributed by atoms with E-state index in [9.17, 15) is 14.0 Å². The average Bonchev–Trinajstić information content (AvgIpc) is 2.61. The summed E-state index contributed by atoms with van der Waals surface area (Å²) in [5.41, 5.74) is 1.22. The van der Waals surface area contributed by atoms with Crippen LogP contribution in [0.3, 0.4) is 0 Å². The van der Waals surface area contributed by atoms with Crippen LogP contribution in [0.4, 0.5) is 4.39 Å². The largest absolute Gasteiger partial charge is 0.486 e. The second-order valence-electron chi connectivity index (χ2n) is 5.40. The Bertz CT molecular complexity index is 782. The quantitative estimate of drug-likeness (QED) is 0.493. The number of rotatable bonds is 9. The van der Waals surface area contributed by atoms with Crippen LogP contribution in [0.15, 0.2) is 46.9 Å². The molecule has 1 N–H and O–H groups in total. The number of Topliss-reactive ketones (excluding diaryl/α,β-unsaturated/α-hetero) is 1. The summed E-state index contributed by atoms with van der Waals surface area (Å²) in [7, 11) is 0. The smallest absolute Gasteiger partial charge is 0.319 e. The van der Waals surface area contributed by atoms with E-state index in [1.165, 1.54) is 12.1 Å². The number of hydrogen-bond acceptors (Lipinski definition) is 5. The minimum atomic E-state index is -0.463. The van der Waals surface area contributed by atoms with Gasteiger partial charge in [0.1, 0.15) is 6.61 Å². The molecule has 0 aliphatic carbocycles. The highest BCUT2D eigenvalue weighted by molar-refractivity contribution is 9.10. The number of hydrogen-bond donors (Lipinski definition) is 1. The van der Waals surface area contributed by atoms with Crippen molar-refractivity contribution in [3.05, 3.63) is 63.9 Å². The molecular formula is C19H19BrFNO4. The number of esters is 1. The molecule has 138 valence electrons. The highest BCUT2D eigenvalue weighted by Crippen LogP contribution is 2.22. The molecule has 0 aliphatic rings. The van der Waals surface area contributed by atoms with Crippen molar-refractivity contribution in [2.75, 3.05) is 19.7 Å². The Morgan fingerprint density at radius 3 is 2.69 bits per heavy atom. The molecule has 0 amide bonds. The van der Waals surface area contributed by atoms with E-state index >= 15 is 0 Å². The summed E-state index contributed by atoms with van der Waals surface area (Å²) in [6, 6.07) is 11.4. The predicted molar refractivity (Wildman–Crippen MR) is 98.7 cm³/mol. The lowest BCUT2D eigenvalue weighted by Crippen LogP contribution is -2.29. The normalized spacial score (nSPS) is 10.4. The number of ketones is 1. The van der Waals surface area contributed by atoms with Crippen molar-refractivity contribution in [2.45, 2.75) is 13.5 Å². The highest BCUT2D eigenvalue weighted by atomic mass is 79.9. The van der Waals surface area contributed by atoms with Crippen molar-refractivity contribution < 1.29 is 23.5 Å². The maximum Gasteiger partial charge on any atom is 0.319 e. The zero-order valence-corrected chi connectivity index (χ0v) is 15.8. The lowest BCUT2D eigenvalue weighted by Gasteiger charge is -2.09. The SMILES string of the molecule is CCOC(=O)CNCC(=O)c1cccc(COc2ccc(Br)cc2F)c1. The van der Waals surface area contributed by atoms with Gasteiger partial charge in [-0.25, -0.2) is 4.39 Å². The van der Waals surface area contributed by atoms with Crippen LogP contribution in [0, 0.1) is 5.82 Å². The molecule has 2 aromatic carbocycles. The summed E-state index contributed by atoms with van der Waals surface area (Å²) in [5.74, 6) is -0.888. The Morgan fingerprint density at radius 2 is 1.96 bits per heavy atom. The van der Waals surface area contributed by atoms with Gasteiger partial charge in [-0.1, -0.05) is 34.1 Å². The predicted octanol–water partition coefficient (Wildman–Crippen LogP) is 3.50. The Morgan fingerprint density at radius 1 is 1.15 bits per heavy atom. The Labute approximate surface area is 159 Å². The van der Waals surface area contributed by atoms with Crippen molar-refractivity contribution in [3.63, 3.8) is 0 Å². The number of halogens is 2. The molecule has 0 saturated heterocycles. The van der Waals surface area contributed by atoms with Crippen molar-refractivity contribution in [3.8, 4) is 5.75 Å². The van der Waals surface area contributed by atoms with Crippen molar-refractivity contribution in [2.24, 2.45) is 0 Å². The first kappa shape index (κ1) is 20.1. The highest BCUT2D eigenvalue weighted by Gasteiger charge is 2.09. The topological polar surface area (TPSA) is 64.6 Å². The molecule has 0 saturated carbocycles. The van der Waals surface area contributed by atoms with E-state index in [2.05, 4.69) is 21.2 Å². The van der Waals surface area contributed by atoms with Gasteiger partial charge in [-0.15, -0.1) is 0 Å². The van der Waals surface area contributed by atoms with Crippen LogP contribution >= 0.6 is 15.9 Å². The molecule has 26 heavy (non-hydrogen) atoms. The van der Waals surface area contributed by atoms with Crippen molar-refractivity contribution in [1.82, 2.24) is 5.32 Å². The summed E-state index contributed by atoms with van der Waals surface area (Å²) < 4.78 is 24.6. The van der Waals surface area contributed by atoms with E-state index in [4.69, 9.17) is 9.47 Å². The van der Waals surface area contributed by atoms with Crippen LogP contribution in [0.5, 0.6) is 5.75 Å². The molecule has 0 unspecified atom stereocenters. The number of carbonyl (C=O) groups excluding carboxylic acids is 2. The lowest BCUT2D eigenvalue weighted by atomic mass is 10.1. The van der Waals surface area contributed by atoms with Gasteiger partial charge in [0.05, 0.1) is 19.7 Å². The fraction of sp³-hybridized carbons (Fsp3) is 0.263. The van der Waals surface area contributed by atoms with Crippen LogP contribution in [0.1, 0.15) is 22.8 Å². The minimum Gasteiger partial charge on any atom is -0.486 e. The van der Waals surface area contributed by atoms with Crippen LogP contribution in [0.25, 0.3) is 0 Å². The molecule has 0 aliphatic heterocycles. The summed E-state index contributed by atoms with van der Waals surface area (Å²) in [6.45, 7) is 2.15. The van der Waals surface area contributed by atoms with Crippen molar-refractivity contribution in [1.29, 1.82) is 0 Å². The van der Waals surface area contributed by atoms with Gasteiger partial charge in [-0.2, -0.15) is 0 Å². The third kappa shape index (κ3) is 6.24. The molecule has 5 nitrogen and oxygen atoms in total. The first-order valence-corrected chi connectivity index (χ1v) is 8.85. The Balaban J connectivity index is 1.90. The van der Waals surface area contributed by atoms with Gasteiger partial charge < -0.3 is 9.47 Å². The van der Waals surface area contributed by atoms with Crippen LogP contribution < -0.4 is 10.1 Å². The summed E-state index contributed by atoms with van der Waals surface area (Å²) in [4.78, 5) is 23.4. The average molecular weight is 424 g/mol. The van der Waals surface area contributed by atoms with Crippen LogP contribution in [0.2, 0.25) is 0 Å². The maximum absolute atomic E-state index is 13.8. The first-order chi connectivity index (χ1) is 12.5. The first-order valence-electron chi connectivity index (χ1n) is 8.06. The lowest BCUT2D eigenvalue weighted by molar-refractivity contribution is -0.141. The fourth-order valence-electron chi connectivity index (χ4n) is 2.18. The van der Waals surface area contributed by atoms with Gasteiger partial charge in [-0.3, -0.25) is 14.9 Å². The molecule has 0 bridgehead atoms. The summed E-state index contributed by atoms with van der Waals surface area (Å²) in [5, 5.41) is 2.75. The second-order valence-corrected chi connectivity index (χ2v) is 6.31. The third-order valence-corrected chi connectivity index (χ3v) is 3.89. The summed E-state index contributed by atoms with van der Waals surface area (Å²) >= 11 is 3.19. The second kappa shape index (κ2) is 10.0. The van der Waals surface area contributed by atoms with E-state index in [0.717, 1.165) is 5.56 Å². The molecule has 0 atom stereocenters. The molecule has 2 rings (SSSR count). The van der Waals surface area contributed by atoms with Crippen LogP contribution in [-0.2, 0) is 16.1 Å². The fourth-order valence-corrected chi connectivity index (χ4v) is 2.51. The molecular weight excluding hydrogens is 405 g/mol. The van der Waals surface area contributed by atoms with E-state index in [-0.39, 0.29) is 31.2 Å². The zero-order valence-electron chi connectivity index (χ0n) is 14.3. The third-order valence-electron chi connectivity index (χ3n) is 3.40. The number of carbonyl (C=O) groups is 2. The molecule has 2 aromatic rings. The maximum atomic E-state index is 13.8. The zero-order chi connectivity index (χ0) is 18.9. The summed E-state index contributed by atoms with van der Waals surface area (Å²) in [6.07, 6.45) is 0. The molecule has 0 radical (unpaired) electrons. The molecule has 0 aromatic heterocycles. The molecule has 0 fully saturated rings. The van der Waals surface area contributed by atoms with E-state index in [0.29, 0.717) is 16.6 Å². The molecule has 7 heteroatoms. The molecule has 0 spiro atoms. The van der Waals surface area contributed by atoms with Gasteiger partial charge in [0.15, 0.2) is 17.3 Å². The van der Waals surface area contributed by atoms with Gasteiger partial charge >= 0.3 is 5.97 Å². The van der Waals surface area contributed by atoms with Gasteiger partial charge in [0.2, 0.25) is 0 Å². The Hall–Kier alpha value is -2.25. The standard InChI is InChI=1S/C19H19BrFNO4/c1-2-25-19(24)11-22-10-17(23)14-5-3-4-13(8-14)12-26-18-7-6-15(20)9-16(18)21/h3-9,22H,2,10-12H2,1H3.